The number of thiazole rings is 1. The van der Waals surface area contributed by atoms with Crippen LogP contribution in [0, 0.1) is 13.8 Å². The molecule has 1 aliphatic heterocycles. The number of ether oxygens (including phenoxy) is 1. The second-order valence-electron chi connectivity index (χ2n) is 6.32. The highest BCUT2D eigenvalue weighted by Crippen LogP contribution is 2.29. The minimum Gasteiger partial charge on any atom is -0.370 e. The normalized spacial score (nSPS) is 21.1. The van der Waals surface area contributed by atoms with Crippen LogP contribution in [0.25, 0.3) is 0 Å². The lowest BCUT2D eigenvalue weighted by molar-refractivity contribution is -0.0490. The Labute approximate surface area is 146 Å². The summed E-state index contributed by atoms with van der Waals surface area (Å²) in [6, 6.07) is 6.37. The SMILES string of the molecule is Cc1ccc(C)c(C2CN(C(=O)c3csc(CN)n3)C(C)CO2)c1. The number of carbonyl (C=O) groups excluding carboxylic acids is 1. The fourth-order valence-corrected chi connectivity index (χ4v) is 3.63. The first kappa shape index (κ1) is 17.1. The molecule has 2 atom stereocenters. The van der Waals surface area contributed by atoms with Crippen LogP contribution in [-0.4, -0.2) is 35.0 Å². The molecule has 2 N–H and O–H groups in total. The van der Waals surface area contributed by atoms with Crippen molar-refractivity contribution in [3.05, 3.63) is 51.0 Å². The van der Waals surface area contributed by atoms with E-state index in [1.54, 1.807) is 5.38 Å². The molecule has 1 saturated heterocycles. The van der Waals surface area contributed by atoms with Crippen molar-refractivity contribution in [1.82, 2.24) is 9.88 Å². The largest absolute Gasteiger partial charge is 0.370 e. The van der Waals surface area contributed by atoms with E-state index in [1.165, 1.54) is 22.5 Å². The molecule has 0 spiro atoms. The predicted octanol–water partition coefficient (Wildman–Crippen LogP) is 2.82. The minimum atomic E-state index is -0.0994. The zero-order chi connectivity index (χ0) is 17.3. The van der Waals surface area contributed by atoms with Crippen LogP contribution in [-0.2, 0) is 11.3 Å². The lowest BCUT2D eigenvalue weighted by Crippen LogP contribution is -2.48. The lowest BCUT2D eigenvalue weighted by atomic mass is 9.98. The summed E-state index contributed by atoms with van der Waals surface area (Å²) in [6.45, 7) is 7.59. The molecule has 2 unspecified atom stereocenters. The molecular formula is C18H23N3O2S. The number of rotatable bonds is 3. The van der Waals surface area contributed by atoms with Crippen LogP contribution in [0.3, 0.4) is 0 Å². The van der Waals surface area contributed by atoms with E-state index in [1.807, 2.05) is 11.8 Å². The third-order valence-electron chi connectivity index (χ3n) is 4.42. The van der Waals surface area contributed by atoms with Crippen LogP contribution >= 0.6 is 11.3 Å². The molecule has 1 amide bonds. The first-order chi connectivity index (χ1) is 11.5. The Morgan fingerprint density at radius 3 is 2.96 bits per heavy atom. The summed E-state index contributed by atoms with van der Waals surface area (Å²) < 4.78 is 6.02. The number of nitrogens with two attached hydrogens (primary N) is 1. The van der Waals surface area contributed by atoms with Crippen LogP contribution in [0.2, 0.25) is 0 Å². The molecule has 6 heteroatoms. The molecule has 1 fully saturated rings. The monoisotopic (exact) mass is 345 g/mol. The van der Waals surface area contributed by atoms with Gasteiger partial charge in [-0.05, 0) is 31.9 Å². The van der Waals surface area contributed by atoms with E-state index in [9.17, 15) is 4.79 Å². The third kappa shape index (κ3) is 3.36. The van der Waals surface area contributed by atoms with Gasteiger partial charge in [0.1, 0.15) is 16.8 Å². The second-order valence-corrected chi connectivity index (χ2v) is 7.26. The van der Waals surface area contributed by atoms with Gasteiger partial charge in [0.25, 0.3) is 5.91 Å². The number of aryl methyl sites for hydroxylation is 2. The Hall–Kier alpha value is -1.76. The fraction of sp³-hybridized carbons (Fsp3) is 0.444. The van der Waals surface area contributed by atoms with Crippen LogP contribution in [0.5, 0.6) is 0 Å². The van der Waals surface area contributed by atoms with Crippen LogP contribution in [0.15, 0.2) is 23.6 Å². The molecule has 0 radical (unpaired) electrons. The van der Waals surface area contributed by atoms with Gasteiger partial charge < -0.3 is 15.4 Å². The van der Waals surface area contributed by atoms with Gasteiger partial charge in [-0.25, -0.2) is 4.98 Å². The first-order valence-electron chi connectivity index (χ1n) is 8.13. The number of nitrogens with zero attached hydrogens (tertiary/aromatic N) is 2. The standard InChI is InChI=1S/C18H23N3O2S/c1-11-4-5-12(2)14(6-11)16-8-21(13(3)9-23-16)18(22)15-10-24-17(7-19)20-15/h4-6,10,13,16H,7-9,19H2,1-3H3. The summed E-state index contributed by atoms with van der Waals surface area (Å²) in [7, 11) is 0. The molecule has 0 saturated carbocycles. The van der Waals surface area contributed by atoms with Gasteiger partial charge >= 0.3 is 0 Å². The number of benzene rings is 1. The molecule has 2 heterocycles. The van der Waals surface area contributed by atoms with Gasteiger partial charge in [0, 0.05) is 11.9 Å². The molecule has 0 aliphatic carbocycles. The van der Waals surface area contributed by atoms with E-state index >= 15 is 0 Å². The summed E-state index contributed by atoms with van der Waals surface area (Å²) >= 11 is 1.43. The van der Waals surface area contributed by atoms with Crippen LogP contribution < -0.4 is 5.73 Å². The number of hydrogen-bond donors (Lipinski definition) is 1. The van der Waals surface area contributed by atoms with Gasteiger partial charge in [0.2, 0.25) is 0 Å². The zero-order valence-electron chi connectivity index (χ0n) is 14.3. The number of morpholine rings is 1. The van der Waals surface area contributed by atoms with E-state index in [4.69, 9.17) is 10.5 Å². The van der Waals surface area contributed by atoms with Gasteiger partial charge in [-0.15, -0.1) is 11.3 Å². The van der Waals surface area contributed by atoms with Gasteiger partial charge in [-0.1, -0.05) is 23.8 Å². The lowest BCUT2D eigenvalue weighted by Gasteiger charge is -2.38. The van der Waals surface area contributed by atoms with E-state index in [0.717, 1.165) is 10.6 Å². The number of hydrogen-bond acceptors (Lipinski definition) is 5. The molecule has 5 nitrogen and oxygen atoms in total. The summed E-state index contributed by atoms with van der Waals surface area (Å²) in [5.74, 6) is -0.0444. The first-order valence-corrected chi connectivity index (χ1v) is 9.01. The Kier molecular flexibility index (Phi) is 4.99. The Bertz CT molecular complexity index is 744. The number of aromatic nitrogens is 1. The molecule has 1 aromatic carbocycles. The van der Waals surface area contributed by atoms with Crippen molar-refractivity contribution in [3.8, 4) is 0 Å². The van der Waals surface area contributed by atoms with Crippen molar-refractivity contribution >= 4 is 17.2 Å². The highest BCUT2D eigenvalue weighted by molar-refractivity contribution is 7.09. The van der Waals surface area contributed by atoms with E-state index in [-0.39, 0.29) is 18.1 Å². The quantitative estimate of drug-likeness (QED) is 0.929. The average molecular weight is 345 g/mol. The average Bonchev–Trinajstić information content (AvgIpc) is 3.06. The maximum atomic E-state index is 12.8. The molecule has 1 aromatic heterocycles. The summed E-state index contributed by atoms with van der Waals surface area (Å²) in [5.41, 5.74) is 9.62. The van der Waals surface area contributed by atoms with Crippen molar-refractivity contribution in [3.63, 3.8) is 0 Å². The van der Waals surface area contributed by atoms with Crippen LogP contribution in [0.4, 0.5) is 0 Å². The molecule has 2 aromatic rings. The van der Waals surface area contributed by atoms with Crippen molar-refractivity contribution < 1.29 is 9.53 Å². The predicted molar refractivity (Wildman–Crippen MR) is 95.1 cm³/mol. The van der Waals surface area contributed by atoms with Gasteiger partial charge in [-0.3, -0.25) is 4.79 Å². The highest BCUT2D eigenvalue weighted by Gasteiger charge is 2.32. The maximum absolute atomic E-state index is 12.8. The summed E-state index contributed by atoms with van der Waals surface area (Å²) in [5, 5.41) is 2.57. The number of carbonyl (C=O) groups is 1. The minimum absolute atomic E-state index is 0.0295. The van der Waals surface area contributed by atoms with Gasteiger partial charge in [-0.2, -0.15) is 0 Å². The fourth-order valence-electron chi connectivity index (χ4n) is 2.98. The zero-order valence-corrected chi connectivity index (χ0v) is 15.1. The van der Waals surface area contributed by atoms with Crippen molar-refractivity contribution in [2.24, 2.45) is 5.73 Å². The maximum Gasteiger partial charge on any atom is 0.273 e. The number of amides is 1. The van der Waals surface area contributed by atoms with E-state index < -0.39 is 0 Å². The third-order valence-corrected chi connectivity index (χ3v) is 5.29. The Morgan fingerprint density at radius 1 is 1.46 bits per heavy atom. The van der Waals surface area contributed by atoms with E-state index in [2.05, 4.69) is 37.0 Å². The van der Waals surface area contributed by atoms with Crippen molar-refractivity contribution in [2.45, 2.75) is 39.5 Å². The molecule has 1 aliphatic rings. The molecule has 3 rings (SSSR count). The molecular weight excluding hydrogens is 322 g/mol. The van der Waals surface area contributed by atoms with E-state index in [0.29, 0.717) is 25.4 Å². The highest BCUT2D eigenvalue weighted by atomic mass is 32.1. The topological polar surface area (TPSA) is 68.5 Å². The van der Waals surface area contributed by atoms with Gasteiger partial charge in [0.05, 0.1) is 19.2 Å². The molecule has 0 bridgehead atoms. The Balaban J connectivity index is 1.83. The summed E-state index contributed by atoms with van der Waals surface area (Å²) in [6.07, 6.45) is -0.0994. The Morgan fingerprint density at radius 2 is 2.25 bits per heavy atom. The van der Waals surface area contributed by atoms with Crippen molar-refractivity contribution in [2.75, 3.05) is 13.2 Å². The van der Waals surface area contributed by atoms with Crippen molar-refractivity contribution in [1.29, 1.82) is 0 Å². The summed E-state index contributed by atoms with van der Waals surface area (Å²) in [4.78, 5) is 19.0. The van der Waals surface area contributed by atoms with Crippen LogP contribution in [0.1, 0.15) is 45.2 Å². The van der Waals surface area contributed by atoms with Gasteiger partial charge in [0.15, 0.2) is 0 Å². The molecule has 24 heavy (non-hydrogen) atoms. The smallest absolute Gasteiger partial charge is 0.273 e. The molecule has 128 valence electrons. The second kappa shape index (κ2) is 7.01.